The highest BCUT2D eigenvalue weighted by molar-refractivity contribution is 8.00. The molecule has 0 aliphatic heterocycles. The van der Waals surface area contributed by atoms with Crippen LogP contribution < -0.4 is 10.6 Å². The van der Waals surface area contributed by atoms with E-state index in [1.165, 1.54) is 29.2 Å². The highest BCUT2D eigenvalue weighted by atomic mass is 32.2. The van der Waals surface area contributed by atoms with Gasteiger partial charge in [-0.1, -0.05) is 82.5 Å². The van der Waals surface area contributed by atoms with Gasteiger partial charge in [0.15, 0.2) is 0 Å². The normalized spacial score (nSPS) is 12.0. The molecule has 0 spiro atoms. The van der Waals surface area contributed by atoms with Crippen LogP contribution in [0.1, 0.15) is 63.6 Å². The molecule has 0 fully saturated rings. The summed E-state index contributed by atoms with van der Waals surface area (Å²) < 4.78 is 0. The fourth-order valence-electron chi connectivity index (χ4n) is 4.23. The van der Waals surface area contributed by atoms with Gasteiger partial charge in [-0.15, -0.1) is 23.5 Å². The summed E-state index contributed by atoms with van der Waals surface area (Å²) >= 11 is 3.41. The fourth-order valence-corrected chi connectivity index (χ4v) is 5.94. The zero-order valence-corrected chi connectivity index (χ0v) is 22.5. The molecule has 2 amide bonds. The molecule has 182 valence electrons. The van der Waals surface area contributed by atoms with Gasteiger partial charge in [0.05, 0.1) is 5.69 Å². The predicted octanol–water partition coefficient (Wildman–Crippen LogP) is 8.25. The van der Waals surface area contributed by atoms with E-state index in [1.54, 1.807) is 23.5 Å². The molecule has 3 rings (SSSR count). The minimum Gasteiger partial charge on any atom is -0.337 e. The molecule has 0 aliphatic carbocycles. The number of hydrogen-bond acceptors (Lipinski definition) is 4. The Bertz CT molecular complexity index is 1050. The number of aryl methyl sites for hydroxylation is 1. The number of carbonyl (C=O) groups is 1. The second-order valence-electron chi connectivity index (χ2n) is 8.40. The predicted molar refractivity (Wildman–Crippen MR) is 150 cm³/mol. The molecule has 0 aliphatic rings. The summed E-state index contributed by atoms with van der Waals surface area (Å²) in [6.07, 6.45) is 4.61. The van der Waals surface area contributed by atoms with Crippen LogP contribution in [0.4, 0.5) is 10.5 Å². The number of unbranched alkanes of at least 4 members (excludes halogenated alkanes) is 2. The number of nitrogens with zero attached hydrogens (tertiary/aromatic N) is 1. The van der Waals surface area contributed by atoms with Gasteiger partial charge >= 0.3 is 6.03 Å². The van der Waals surface area contributed by atoms with Gasteiger partial charge in [-0.05, 0) is 47.3 Å². The fraction of sp³-hybridized carbons (Fsp3) is 0.429. The monoisotopic (exact) mass is 495 g/mol. The molecule has 1 aromatic heterocycles. The van der Waals surface area contributed by atoms with Gasteiger partial charge in [-0.3, -0.25) is 0 Å². The topological polar surface area (TPSA) is 54.0 Å². The SMILES string of the molecule is CCCCCC(CNC(=O)Nc1c(SCC)cc(C)nc1SCC)c1cccc2ccccc12. The van der Waals surface area contributed by atoms with Gasteiger partial charge in [0.2, 0.25) is 0 Å². The molecule has 0 saturated carbocycles. The Hall–Kier alpha value is -2.18. The first-order chi connectivity index (χ1) is 16.6. The van der Waals surface area contributed by atoms with Crippen molar-refractivity contribution >= 4 is 46.0 Å². The quantitative estimate of drug-likeness (QED) is 0.196. The minimum absolute atomic E-state index is 0.165. The smallest absolute Gasteiger partial charge is 0.319 e. The van der Waals surface area contributed by atoms with Crippen LogP contribution in [-0.2, 0) is 0 Å². The number of carbonyl (C=O) groups excluding carboxylic acids is 1. The van der Waals surface area contributed by atoms with Crippen LogP contribution in [0.25, 0.3) is 10.8 Å². The molecule has 34 heavy (non-hydrogen) atoms. The van der Waals surface area contributed by atoms with Crippen LogP contribution in [0, 0.1) is 6.92 Å². The van der Waals surface area contributed by atoms with Crippen LogP contribution in [0.3, 0.4) is 0 Å². The van der Waals surface area contributed by atoms with Crippen molar-refractivity contribution in [3.8, 4) is 0 Å². The van der Waals surface area contributed by atoms with Gasteiger partial charge in [-0.2, -0.15) is 0 Å². The molecule has 6 heteroatoms. The van der Waals surface area contributed by atoms with Crippen LogP contribution >= 0.6 is 23.5 Å². The third kappa shape index (κ3) is 7.16. The van der Waals surface area contributed by atoms with Crippen LogP contribution in [0.5, 0.6) is 0 Å². The number of anilines is 1. The summed E-state index contributed by atoms with van der Waals surface area (Å²) in [5.74, 6) is 2.12. The Labute approximate surface area is 213 Å². The zero-order chi connectivity index (χ0) is 24.3. The number of thioether (sulfide) groups is 2. The van der Waals surface area contributed by atoms with Crippen molar-refractivity contribution in [3.63, 3.8) is 0 Å². The number of fused-ring (bicyclic) bond motifs is 1. The van der Waals surface area contributed by atoms with E-state index < -0.39 is 0 Å². The maximum atomic E-state index is 13.1. The van der Waals surface area contributed by atoms with Crippen LogP contribution in [0.2, 0.25) is 0 Å². The summed E-state index contributed by atoms with van der Waals surface area (Å²) in [6, 6.07) is 16.9. The first-order valence-corrected chi connectivity index (χ1v) is 14.3. The van der Waals surface area contributed by atoms with Crippen molar-refractivity contribution in [3.05, 3.63) is 59.8 Å². The van der Waals surface area contributed by atoms with Crippen molar-refractivity contribution in [1.82, 2.24) is 10.3 Å². The molecule has 3 aromatic rings. The molecule has 2 aromatic carbocycles. The van der Waals surface area contributed by atoms with E-state index in [-0.39, 0.29) is 11.9 Å². The van der Waals surface area contributed by atoms with Gasteiger partial charge < -0.3 is 10.6 Å². The van der Waals surface area contributed by atoms with Gasteiger partial charge in [-0.25, -0.2) is 9.78 Å². The van der Waals surface area contributed by atoms with E-state index in [1.807, 2.05) is 6.92 Å². The average molecular weight is 496 g/mol. The number of urea groups is 1. The summed E-state index contributed by atoms with van der Waals surface area (Å²) in [7, 11) is 0. The van der Waals surface area contributed by atoms with Crippen molar-refractivity contribution < 1.29 is 4.79 Å². The number of benzene rings is 2. The lowest BCUT2D eigenvalue weighted by molar-refractivity contribution is 0.251. The maximum absolute atomic E-state index is 13.1. The van der Waals surface area contributed by atoms with Crippen LogP contribution in [0.15, 0.2) is 58.5 Å². The summed E-state index contributed by atoms with van der Waals surface area (Å²) in [5.41, 5.74) is 3.12. The Morgan fingerprint density at radius 3 is 2.53 bits per heavy atom. The molecular weight excluding hydrogens is 458 g/mol. The van der Waals surface area contributed by atoms with Crippen molar-refractivity contribution in [2.75, 3.05) is 23.4 Å². The van der Waals surface area contributed by atoms with Crippen molar-refractivity contribution in [1.29, 1.82) is 0 Å². The largest absolute Gasteiger partial charge is 0.337 e. The van der Waals surface area contributed by atoms with E-state index in [9.17, 15) is 4.79 Å². The lowest BCUT2D eigenvalue weighted by atomic mass is 9.89. The molecule has 0 bridgehead atoms. The highest BCUT2D eigenvalue weighted by Crippen LogP contribution is 2.35. The standard InChI is InChI=1S/C28H37N3OS2/c1-5-8-9-14-22(24-17-12-15-21-13-10-11-16-23(21)24)19-29-28(32)31-26-25(33-6-2)18-20(4)30-27(26)34-7-3/h10-13,15-18,22H,5-9,14,19H2,1-4H3,(H2,29,31,32). The molecule has 1 unspecified atom stereocenters. The third-order valence-electron chi connectivity index (χ3n) is 5.83. The molecule has 1 heterocycles. The van der Waals surface area contributed by atoms with Crippen molar-refractivity contribution in [2.45, 2.75) is 69.2 Å². The molecule has 1 atom stereocenters. The lowest BCUT2D eigenvalue weighted by Gasteiger charge is -2.21. The summed E-state index contributed by atoms with van der Waals surface area (Å²) in [6.45, 7) is 9.08. The minimum atomic E-state index is -0.165. The van der Waals surface area contributed by atoms with E-state index in [0.29, 0.717) is 6.54 Å². The Morgan fingerprint density at radius 1 is 1.00 bits per heavy atom. The maximum Gasteiger partial charge on any atom is 0.319 e. The first-order valence-electron chi connectivity index (χ1n) is 12.4. The molecule has 4 nitrogen and oxygen atoms in total. The first kappa shape index (κ1) is 26.4. The van der Waals surface area contributed by atoms with E-state index in [0.717, 1.165) is 45.7 Å². The van der Waals surface area contributed by atoms with Gasteiger partial charge in [0.1, 0.15) is 5.03 Å². The van der Waals surface area contributed by atoms with Gasteiger partial charge in [0.25, 0.3) is 0 Å². The second kappa shape index (κ2) is 13.6. The molecule has 2 N–H and O–H groups in total. The van der Waals surface area contributed by atoms with E-state index in [4.69, 9.17) is 4.98 Å². The molecular formula is C28H37N3OS2. The zero-order valence-electron chi connectivity index (χ0n) is 20.8. The van der Waals surface area contributed by atoms with Crippen LogP contribution in [-0.4, -0.2) is 29.1 Å². The number of aromatic nitrogens is 1. The summed E-state index contributed by atoms with van der Waals surface area (Å²) in [5, 5.41) is 9.73. The highest BCUT2D eigenvalue weighted by Gasteiger charge is 2.18. The Morgan fingerprint density at radius 2 is 1.76 bits per heavy atom. The van der Waals surface area contributed by atoms with E-state index >= 15 is 0 Å². The average Bonchev–Trinajstić information content (AvgIpc) is 2.83. The third-order valence-corrected chi connectivity index (χ3v) is 7.61. The number of hydrogen-bond donors (Lipinski definition) is 2. The number of amides is 2. The Balaban J connectivity index is 1.79. The lowest BCUT2D eigenvalue weighted by Crippen LogP contribution is -2.33. The number of nitrogens with one attached hydrogen (secondary N) is 2. The molecule has 0 saturated heterocycles. The second-order valence-corrected chi connectivity index (χ2v) is 11.0. The van der Waals surface area contributed by atoms with Gasteiger partial charge in [0, 0.05) is 23.1 Å². The number of rotatable bonds is 12. The number of pyridine rings is 1. The van der Waals surface area contributed by atoms with E-state index in [2.05, 4.69) is 79.9 Å². The molecule has 0 radical (unpaired) electrons. The Kier molecular flexibility index (Phi) is 10.6. The van der Waals surface area contributed by atoms with Crippen molar-refractivity contribution in [2.24, 2.45) is 0 Å². The summed E-state index contributed by atoms with van der Waals surface area (Å²) in [4.78, 5) is 18.8.